The third-order valence-corrected chi connectivity index (χ3v) is 10.5. The van der Waals surface area contributed by atoms with Crippen molar-refractivity contribution in [3.8, 4) is 5.88 Å². The van der Waals surface area contributed by atoms with Crippen LogP contribution in [0.5, 0.6) is 5.88 Å². The average Bonchev–Trinajstić information content (AvgIpc) is 3.42. The highest BCUT2D eigenvalue weighted by Crippen LogP contribution is 2.36. The first kappa shape index (κ1) is 33.2. The van der Waals surface area contributed by atoms with E-state index in [1.165, 1.54) is 23.5 Å². The van der Waals surface area contributed by atoms with E-state index >= 15 is 0 Å². The van der Waals surface area contributed by atoms with E-state index in [-0.39, 0.29) is 54.0 Å². The van der Waals surface area contributed by atoms with Gasteiger partial charge in [0.2, 0.25) is 21.8 Å². The van der Waals surface area contributed by atoms with Crippen LogP contribution in [0.1, 0.15) is 80.2 Å². The number of ketones is 1. The molecule has 0 spiro atoms. The largest absolute Gasteiger partial charge is 0.472 e. The molecule has 1 aliphatic heterocycles. The lowest BCUT2D eigenvalue weighted by Gasteiger charge is -2.25. The van der Waals surface area contributed by atoms with Crippen LogP contribution in [-0.4, -0.2) is 63.6 Å². The highest BCUT2D eigenvalue weighted by molar-refractivity contribution is 7.89. The zero-order chi connectivity index (χ0) is 33.0. The molecule has 0 saturated carbocycles. The van der Waals surface area contributed by atoms with Crippen LogP contribution in [-0.2, 0) is 32.7 Å². The highest BCUT2D eigenvalue weighted by atomic mass is 32.2. The van der Waals surface area contributed by atoms with Crippen LogP contribution in [0.2, 0.25) is 0 Å². The number of nitrogens with one attached hydrogen (secondary N) is 1. The number of Topliss-reactive ketones (excluding diaryl/α,β-unsaturated/α-hetero) is 1. The zero-order valence-electron chi connectivity index (χ0n) is 27.1. The molecular weight excluding hydrogens is 604 g/mol. The lowest BCUT2D eigenvalue weighted by atomic mass is 9.82. The number of pyridine rings is 1. The van der Waals surface area contributed by atoms with Gasteiger partial charge in [-0.25, -0.2) is 18.1 Å². The second-order valence-electron chi connectivity index (χ2n) is 11.9. The first-order valence-corrected chi connectivity index (χ1v) is 17.3. The van der Waals surface area contributed by atoms with E-state index in [1.807, 2.05) is 62.7 Å². The summed E-state index contributed by atoms with van der Waals surface area (Å²) in [5.41, 5.74) is 6.37. The van der Waals surface area contributed by atoms with E-state index in [1.54, 1.807) is 6.07 Å². The predicted octanol–water partition coefficient (Wildman–Crippen LogP) is 4.83. The molecule has 0 bridgehead atoms. The summed E-state index contributed by atoms with van der Waals surface area (Å²) < 4.78 is 37.1. The number of nitrogens with zero attached hydrogens (tertiary/aromatic N) is 5. The van der Waals surface area contributed by atoms with Crippen molar-refractivity contribution in [2.45, 2.75) is 90.3 Å². The number of fused-ring (bicyclic) bond motifs is 2. The Balaban J connectivity index is 1.52. The maximum Gasteiger partial charge on any atom is 0.248 e. The predicted molar refractivity (Wildman–Crippen MR) is 175 cm³/mol. The number of aromatic nitrogens is 4. The molecule has 4 aromatic rings. The van der Waals surface area contributed by atoms with Crippen LogP contribution in [0.25, 0.3) is 11.0 Å². The second kappa shape index (κ2) is 14.1. The topological polar surface area (TPSA) is 136 Å². The molecule has 1 aliphatic rings. The lowest BCUT2D eigenvalue weighted by Crippen LogP contribution is -2.36. The van der Waals surface area contributed by atoms with Crippen molar-refractivity contribution in [1.29, 1.82) is 0 Å². The fraction of sp³-hybridized carbons (Fsp3) is 0.441. The molecule has 0 aliphatic carbocycles. The Morgan fingerprint density at radius 3 is 2.67 bits per heavy atom. The summed E-state index contributed by atoms with van der Waals surface area (Å²) >= 11 is 0. The van der Waals surface area contributed by atoms with Gasteiger partial charge in [-0.3, -0.25) is 9.59 Å². The number of sulfonamides is 1. The number of benzene rings is 2. The fourth-order valence-electron chi connectivity index (χ4n) is 6.03. The molecule has 0 saturated heterocycles. The van der Waals surface area contributed by atoms with Gasteiger partial charge in [-0.15, -0.1) is 5.10 Å². The van der Waals surface area contributed by atoms with Gasteiger partial charge in [-0.2, -0.15) is 4.31 Å². The second-order valence-corrected chi connectivity index (χ2v) is 13.8. The molecule has 3 heterocycles. The van der Waals surface area contributed by atoms with Crippen LogP contribution in [0.3, 0.4) is 0 Å². The molecule has 12 heteroatoms. The first-order chi connectivity index (χ1) is 22.0. The summed E-state index contributed by atoms with van der Waals surface area (Å²) in [6.07, 6.45) is 2.95. The molecule has 0 radical (unpaired) electrons. The third-order valence-electron chi connectivity index (χ3n) is 8.71. The van der Waals surface area contributed by atoms with E-state index in [9.17, 15) is 18.0 Å². The number of ether oxygens (including phenoxy) is 1. The van der Waals surface area contributed by atoms with Gasteiger partial charge in [0, 0.05) is 51.5 Å². The standard InChI is InChI=1S/C34H42N6O5S/c1-6-28-21-39(46(43,44)32-11-9-17-36-34(32)45-28)20-26-18-25(13-12-22(26)3)30(19-27(42)10-8-16-35-24(5)41)29-14-15-31-33(23(29)4)37-38-40(31)7-2/h9,11-15,17-18,28,30H,6-8,10,16,19-21H2,1-5H3,(H,35,41)/t28-,30+/m1/s1. The molecule has 1 N–H and O–H groups in total. The van der Waals surface area contributed by atoms with Crippen LogP contribution >= 0.6 is 0 Å². The van der Waals surface area contributed by atoms with E-state index in [2.05, 4.69) is 20.6 Å². The van der Waals surface area contributed by atoms with Gasteiger partial charge in [0.25, 0.3) is 0 Å². The summed E-state index contributed by atoms with van der Waals surface area (Å²) in [4.78, 5) is 29.0. The summed E-state index contributed by atoms with van der Waals surface area (Å²) in [5, 5.41) is 11.5. The maximum absolute atomic E-state index is 13.9. The highest BCUT2D eigenvalue weighted by Gasteiger charge is 2.35. The average molecular weight is 647 g/mol. The Morgan fingerprint density at radius 1 is 1.13 bits per heavy atom. The molecule has 46 heavy (non-hydrogen) atoms. The SMILES string of the molecule is CC[C@@H]1CN(Cc2cc([C@H](CC(=O)CCCNC(C)=O)c3ccc4c(nnn4CC)c3C)ccc2C)S(=O)(=O)c2cccnc2O1. The van der Waals surface area contributed by atoms with E-state index in [0.29, 0.717) is 32.4 Å². The number of carbonyl (C=O) groups is 2. The van der Waals surface area contributed by atoms with E-state index < -0.39 is 10.0 Å². The van der Waals surface area contributed by atoms with Crippen molar-refractivity contribution < 1.29 is 22.7 Å². The van der Waals surface area contributed by atoms with Crippen LogP contribution in [0, 0.1) is 13.8 Å². The fourth-order valence-corrected chi connectivity index (χ4v) is 7.55. The minimum absolute atomic E-state index is 0.0616. The monoisotopic (exact) mass is 646 g/mol. The zero-order valence-corrected chi connectivity index (χ0v) is 27.9. The summed E-state index contributed by atoms with van der Waals surface area (Å²) in [5.74, 6) is -0.202. The minimum Gasteiger partial charge on any atom is -0.472 e. The minimum atomic E-state index is -3.89. The van der Waals surface area contributed by atoms with Gasteiger partial charge in [0.1, 0.15) is 22.3 Å². The summed E-state index contributed by atoms with van der Waals surface area (Å²) in [6, 6.07) is 13.2. The summed E-state index contributed by atoms with van der Waals surface area (Å²) in [6.45, 7) is 10.9. The van der Waals surface area contributed by atoms with Crippen LogP contribution < -0.4 is 10.1 Å². The maximum atomic E-state index is 13.9. The molecule has 0 unspecified atom stereocenters. The number of aryl methyl sites for hydroxylation is 3. The Morgan fingerprint density at radius 2 is 1.93 bits per heavy atom. The number of amides is 1. The number of hydrogen-bond acceptors (Lipinski definition) is 8. The van der Waals surface area contributed by atoms with Gasteiger partial charge in [-0.05, 0) is 79.6 Å². The van der Waals surface area contributed by atoms with E-state index in [4.69, 9.17) is 4.74 Å². The smallest absolute Gasteiger partial charge is 0.248 e. The van der Waals surface area contributed by atoms with Crippen molar-refractivity contribution in [1.82, 2.24) is 29.6 Å². The molecular formula is C34H42N6O5S. The normalized spacial score (nSPS) is 16.8. The number of hydrogen-bond donors (Lipinski definition) is 1. The molecule has 11 nitrogen and oxygen atoms in total. The molecule has 244 valence electrons. The number of carbonyl (C=O) groups excluding carboxylic acids is 2. The molecule has 2 aromatic heterocycles. The Kier molecular flexibility index (Phi) is 10.2. The number of rotatable bonds is 12. The van der Waals surface area contributed by atoms with Crippen LogP contribution in [0.15, 0.2) is 53.6 Å². The van der Waals surface area contributed by atoms with Crippen molar-refractivity contribution in [3.05, 3.63) is 76.5 Å². The van der Waals surface area contributed by atoms with Gasteiger partial charge >= 0.3 is 0 Å². The van der Waals surface area contributed by atoms with Crippen LogP contribution in [0.4, 0.5) is 0 Å². The molecule has 5 rings (SSSR count). The van der Waals surface area contributed by atoms with Gasteiger partial charge in [-0.1, -0.05) is 36.4 Å². The molecule has 2 atom stereocenters. The van der Waals surface area contributed by atoms with Gasteiger partial charge in [0.15, 0.2) is 0 Å². The van der Waals surface area contributed by atoms with Crippen molar-refractivity contribution >= 4 is 32.7 Å². The van der Waals surface area contributed by atoms with E-state index in [0.717, 1.165) is 38.9 Å². The summed E-state index contributed by atoms with van der Waals surface area (Å²) in [7, 11) is -3.89. The quantitative estimate of drug-likeness (QED) is 0.216. The Labute approximate surface area is 270 Å². The lowest BCUT2D eigenvalue weighted by molar-refractivity contribution is -0.121. The first-order valence-electron chi connectivity index (χ1n) is 15.8. The Bertz CT molecular complexity index is 1850. The van der Waals surface area contributed by atoms with Gasteiger partial charge < -0.3 is 10.1 Å². The van der Waals surface area contributed by atoms with Crippen molar-refractivity contribution in [2.24, 2.45) is 0 Å². The third kappa shape index (κ3) is 6.97. The van der Waals surface area contributed by atoms with Gasteiger partial charge in [0.05, 0.1) is 12.1 Å². The Hall–Kier alpha value is -4.16. The molecule has 0 fully saturated rings. The van der Waals surface area contributed by atoms with Crippen molar-refractivity contribution in [3.63, 3.8) is 0 Å². The molecule has 2 aromatic carbocycles. The molecule has 1 amide bonds. The van der Waals surface area contributed by atoms with Crippen molar-refractivity contribution in [2.75, 3.05) is 13.1 Å².